The normalized spacial score (nSPS) is 13.1. The minimum atomic E-state index is -4.65. The van der Waals surface area contributed by atoms with Crippen LogP contribution >= 0.6 is 59.4 Å². The maximum absolute atomic E-state index is 12.2. The van der Waals surface area contributed by atoms with E-state index in [-0.39, 0.29) is 5.69 Å². The standard InChI is InChI=1S/C8H2Br3ClF3N/c9-3-1-4(10)6(5(11)2-3)16-7(12)8(13,14)15/h1-2H. The van der Waals surface area contributed by atoms with Gasteiger partial charge in [-0.1, -0.05) is 27.5 Å². The van der Waals surface area contributed by atoms with Gasteiger partial charge < -0.3 is 0 Å². The van der Waals surface area contributed by atoms with Gasteiger partial charge in [0.2, 0.25) is 5.17 Å². The van der Waals surface area contributed by atoms with Gasteiger partial charge in [0, 0.05) is 13.4 Å². The van der Waals surface area contributed by atoms with Crippen molar-refractivity contribution >= 4 is 70.2 Å². The third kappa shape index (κ3) is 3.72. The number of aliphatic imine (C=N–C) groups is 1. The maximum Gasteiger partial charge on any atom is 0.444 e. The SMILES string of the molecule is FC(F)(F)C(Cl)=Nc1c(Br)cc(Br)cc1Br. The van der Waals surface area contributed by atoms with Gasteiger partial charge in [-0.2, -0.15) is 13.2 Å². The van der Waals surface area contributed by atoms with Gasteiger partial charge in [-0.25, -0.2) is 4.99 Å². The van der Waals surface area contributed by atoms with Crippen LogP contribution in [0.5, 0.6) is 0 Å². The smallest absolute Gasteiger partial charge is 0.230 e. The molecular weight excluding hydrogens is 442 g/mol. The quantitative estimate of drug-likeness (QED) is 0.486. The van der Waals surface area contributed by atoms with Crippen molar-refractivity contribution in [3.63, 3.8) is 0 Å². The van der Waals surface area contributed by atoms with Crippen LogP contribution in [0.1, 0.15) is 0 Å². The molecule has 0 aliphatic rings. The fraction of sp³-hybridized carbons (Fsp3) is 0.125. The van der Waals surface area contributed by atoms with Crippen molar-refractivity contribution in [3.8, 4) is 0 Å². The molecule has 1 rings (SSSR count). The summed E-state index contributed by atoms with van der Waals surface area (Å²) in [6, 6.07) is 3.15. The Morgan fingerprint density at radius 1 is 1.12 bits per heavy atom. The van der Waals surface area contributed by atoms with Crippen LogP contribution in [-0.2, 0) is 0 Å². The Hall–Kier alpha value is 0.410. The van der Waals surface area contributed by atoms with Crippen molar-refractivity contribution in [2.24, 2.45) is 4.99 Å². The van der Waals surface area contributed by atoms with Crippen molar-refractivity contribution in [2.45, 2.75) is 6.18 Å². The molecule has 0 heterocycles. The van der Waals surface area contributed by atoms with Gasteiger partial charge >= 0.3 is 6.18 Å². The lowest BCUT2D eigenvalue weighted by atomic mass is 10.3. The van der Waals surface area contributed by atoms with Crippen LogP contribution in [0.25, 0.3) is 0 Å². The molecule has 0 aliphatic carbocycles. The van der Waals surface area contributed by atoms with Crippen LogP contribution in [0.4, 0.5) is 18.9 Å². The highest BCUT2D eigenvalue weighted by atomic mass is 79.9. The van der Waals surface area contributed by atoms with E-state index in [1.165, 1.54) is 0 Å². The van der Waals surface area contributed by atoms with Crippen molar-refractivity contribution in [1.29, 1.82) is 0 Å². The average Bonchev–Trinajstić information content (AvgIpc) is 2.08. The fourth-order valence-corrected chi connectivity index (χ4v) is 3.32. The van der Waals surface area contributed by atoms with E-state index in [2.05, 4.69) is 52.8 Å². The minimum absolute atomic E-state index is 0.0884. The molecule has 0 aromatic heterocycles. The Morgan fingerprint density at radius 3 is 1.94 bits per heavy atom. The highest BCUT2D eigenvalue weighted by molar-refractivity contribution is 9.11. The molecule has 1 aromatic carbocycles. The summed E-state index contributed by atoms with van der Waals surface area (Å²) in [6.45, 7) is 0. The first-order valence-corrected chi connectivity index (χ1v) is 6.43. The van der Waals surface area contributed by atoms with Crippen LogP contribution < -0.4 is 0 Å². The summed E-state index contributed by atoms with van der Waals surface area (Å²) in [5, 5.41) is -1.42. The number of hydrogen-bond donors (Lipinski definition) is 0. The Morgan fingerprint density at radius 2 is 1.56 bits per heavy atom. The van der Waals surface area contributed by atoms with E-state index in [4.69, 9.17) is 11.6 Å². The molecule has 0 saturated carbocycles. The third-order valence-corrected chi connectivity index (χ3v) is 3.39. The highest BCUT2D eigenvalue weighted by Gasteiger charge is 2.34. The van der Waals surface area contributed by atoms with E-state index in [0.717, 1.165) is 0 Å². The monoisotopic (exact) mass is 441 g/mol. The zero-order valence-electron chi connectivity index (χ0n) is 7.25. The summed E-state index contributed by atoms with van der Waals surface area (Å²) in [6.07, 6.45) is -4.65. The van der Waals surface area contributed by atoms with Gasteiger partial charge in [0.25, 0.3) is 0 Å². The number of alkyl halides is 3. The van der Waals surface area contributed by atoms with Crippen molar-refractivity contribution in [2.75, 3.05) is 0 Å². The molecule has 0 bridgehead atoms. The Balaban J connectivity index is 3.26. The largest absolute Gasteiger partial charge is 0.444 e. The second-order valence-corrected chi connectivity index (χ2v) is 5.60. The van der Waals surface area contributed by atoms with E-state index in [0.29, 0.717) is 13.4 Å². The van der Waals surface area contributed by atoms with Crippen LogP contribution in [-0.4, -0.2) is 11.3 Å². The average molecular weight is 444 g/mol. The third-order valence-electron chi connectivity index (χ3n) is 1.43. The second-order valence-electron chi connectivity index (χ2n) is 2.62. The van der Waals surface area contributed by atoms with Crippen LogP contribution in [0.15, 0.2) is 30.5 Å². The topological polar surface area (TPSA) is 12.4 Å². The summed E-state index contributed by atoms with van der Waals surface area (Å²) in [5.41, 5.74) is 0.0884. The van der Waals surface area contributed by atoms with Crippen LogP contribution in [0, 0.1) is 0 Å². The molecule has 88 valence electrons. The minimum Gasteiger partial charge on any atom is -0.230 e. The first kappa shape index (κ1) is 14.5. The lowest BCUT2D eigenvalue weighted by molar-refractivity contribution is -0.0558. The summed E-state index contributed by atoms with van der Waals surface area (Å²) in [7, 11) is 0. The molecular formula is C8H2Br3ClF3N. The number of halogens is 7. The maximum atomic E-state index is 12.2. The number of hydrogen-bond acceptors (Lipinski definition) is 1. The summed E-state index contributed by atoms with van der Waals surface area (Å²) >= 11 is 14.4. The van der Waals surface area contributed by atoms with Gasteiger partial charge in [0.1, 0.15) is 0 Å². The molecule has 0 unspecified atom stereocenters. The fourth-order valence-electron chi connectivity index (χ4n) is 0.803. The van der Waals surface area contributed by atoms with E-state index < -0.39 is 11.3 Å². The lowest BCUT2D eigenvalue weighted by Gasteiger charge is -2.06. The molecule has 0 amide bonds. The zero-order valence-corrected chi connectivity index (χ0v) is 12.8. The first-order chi connectivity index (χ1) is 7.21. The molecule has 8 heteroatoms. The molecule has 0 fully saturated rings. The zero-order chi connectivity index (χ0) is 12.5. The number of nitrogens with zero attached hydrogens (tertiary/aromatic N) is 1. The van der Waals surface area contributed by atoms with E-state index in [1.807, 2.05) is 0 Å². The molecule has 0 N–H and O–H groups in total. The molecule has 1 nitrogen and oxygen atoms in total. The molecule has 0 radical (unpaired) electrons. The number of rotatable bonds is 1. The number of benzene rings is 1. The Bertz CT molecular complexity index is 422. The van der Waals surface area contributed by atoms with Crippen LogP contribution in [0.3, 0.4) is 0 Å². The Labute approximate surface area is 119 Å². The highest BCUT2D eigenvalue weighted by Crippen LogP contribution is 2.38. The van der Waals surface area contributed by atoms with Gasteiger partial charge in [0.15, 0.2) is 0 Å². The molecule has 0 spiro atoms. The molecule has 1 aromatic rings. The lowest BCUT2D eigenvalue weighted by Crippen LogP contribution is -2.16. The van der Waals surface area contributed by atoms with Crippen molar-refractivity contribution < 1.29 is 13.2 Å². The Kier molecular flexibility index (Phi) is 4.86. The molecule has 0 atom stereocenters. The molecule has 16 heavy (non-hydrogen) atoms. The van der Waals surface area contributed by atoms with E-state index in [9.17, 15) is 13.2 Å². The van der Waals surface area contributed by atoms with Crippen molar-refractivity contribution in [3.05, 3.63) is 25.6 Å². The van der Waals surface area contributed by atoms with E-state index in [1.54, 1.807) is 12.1 Å². The van der Waals surface area contributed by atoms with Gasteiger partial charge in [-0.05, 0) is 44.0 Å². The summed E-state index contributed by atoms with van der Waals surface area (Å²) < 4.78 is 38.0. The predicted molar refractivity (Wildman–Crippen MR) is 68.5 cm³/mol. The van der Waals surface area contributed by atoms with Gasteiger partial charge in [-0.3, -0.25) is 0 Å². The second kappa shape index (κ2) is 5.37. The molecule has 0 aliphatic heterocycles. The summed E-state index contributed by atoms with van der Waals surface area (Å²) in [4.78, 5) is 3.31. The van der Waals surface area contributed by atoms with Gasteiger partial charge in [0.05, 0.1) is 5.69 Å². The van der Waals surface area contributed by atoms with Crippen molar-refractivity contribution in [1.82, 2.24) is 0 Å². The van der Waals surface area contributed by atoms with Gasteiger partial charge in [-0.15, -0.1) is 0 Å². The summed E-state index contributed by atoms with van der Waals surface area (Å²) in [5.74, 6) is 0. The van der Waals surface area contributed by atoms with Crippen LogP contribution in [0.2, 0.25) is 0 Å². The molecule has 0 saturated heterocycles. The van der Waals surface area contributed by atoms with E-state index >= 15 is 0 Å². The predicted octanol–water partition coefficient (Wildman–Crippen LogP) is 5.81. The first-order valence-electron chi connectivity index (χ1n) is 3.67.